The van der Waals surface area contributed by atoms with Crippen molar-refractivity contribution in [3.05, 3.63) is 0 Å². The van der Waals surface area contributed by atoms with Crippen molar-refractivity contribution in [3.8, 4) is 0 Å². The summed E-state index contributed by atoms with van der Waals surface area (Å²) < 4.78 is 5.29. The molecule has 1 fully saturated rings. The molecule has 1 aliphatic carbocycles. The Hall–Kier alpha value is -0.180. The molecule has 0 amide bonds. The maximum Gasteiger partial charge on any atom is 0.319 e. The average Bonchev–Trinajstić information content (AvgIpc) is 2.26. The largest absolute Gasteiger partial charge is 0.465 e. The van der Waals surface area contributed by atoms with Gasteiger partial charge in [-0.25, -0.2) is 0 Å². The third-order valence-corrected chi connectivity index (χ3v) is 3.87. The predicted octanol–water partition coefficient (Wildman–Crippen LogP) is 3.06. The minimum atomic E-state index is -0.270. The van der Waals surface area contributed by atoms with E-state index >= 15 is 0 Å². The van der Waals surface area contributed by atoms with Gasteiger partial charge in [0.05, 0.1) is 6.61 Å². The number of hydrogen-bond donors (Lipinski definition) is 1. The molecule has 3 heteroatoms. The van der Waals surface area contributed by atoms with Gasteiger partial charge >= 0.3 is 5.97 Å². The lowest BCUT2D eigenvalue weighted by atomic mass is 9.90. The van der Waals surface area contributed by atoms with Crippen LogP contribution in [0.25, 0.3) is 0 Å². The molecule has 0 radical (unpaired) electrons. The Balaban J connectivity index is 2.20. The van der Waals surface area contributed by atoms with Crippen molar-refractivity contribution in [2.75, 3.05) is 6.61 Å². The summed E-state index contributed by atoms with van der Waals surface area (Å²) in [4.78, 5) is 11.5. The second-order valence-electron chi connectivity index (χ2n) is 4.82. The highest BCUT2D eigenvalue weighted by atomic mass is 32.1. The second kappa shape index (κ2) is 6.41. The van der Waals surface area contributed by atoms with Crippen molar-refractivity contribution in [2.24, 2.45) is 11.8 Å². The molecule has 0 aliphatic heterocycles. The zero-order valence-corrected chi connectivity index (χ0v) is 10.6. The third-order valence-electron chi connectivity index (χ3n) is 3.06. The van der Waals surface area contributed by atoms with Gasteiger partial charge in [0.25, 0.3) is 0 Å². The quantitative estimate of drug-likeness (QED) is 0.593. The molecule has 0 saturated heterocycles. The van der Waals surface area contributed by atoms with Gasteiger partial charge in [-0.3, -0.25) is 4.79 Å². The number of carbonyl (C=O) groups excluding carboxylic acids is 1. The third kappa shape index (κ3) is 4.45. The highest BCUT2D eigenvalue weighted by molar-refractivity contribution is 7.81. The molecule has 0 N–H and O–H groups in total. The molecule has 1 aliphatic rings. The van der Waals surface area contributed by atoms with Crippen molar-refractivity contribution < 1.29 is 9.53 Å². The fourth-order valence-corrected chi connectivity index (χ4v) is 1.99. The zero-order valence-electron chi connectivity index (χ0n) is 9.74. The first-order valence-electron chi connectivity index (χ1n) is 5.96. The molecular weight excluding hydrogens is 208 g/mol. The Labute approximate surface area is 98.2 Å². The second-order valence-corrected chi connectivity index (χ2v) is 5.38. The number of thiol groups is 1. The summed E-state index contributed by atoms with van der Waals surface area (Å²) >= 11 is 4.24. The first kappa shape index (κ1) is 12.9. The first-order valence-corrected chi connectivity index (χ1v) is 6.47. The summed E-state index contributed by atoms with van der Waals surface area (Å²) in [5, 5.41) is -0.270. The summed E-state index contributed by atoms with van der Waals surface area (Å²) in [6.07, 6.45) is 6.34. The smallest absolute Gasteiger partial charge is 0.319 e. The van der Waals surface area contributed by atoms with Gasteiger partial charge in [-0.1, -0.05) is 33.1 Å². The number of hydrogen-bond acceptors (Lipinski definition) is 3. The van der Waals surface area contributed by atoms with Gasteiger partial charge in [0.2, 0.25) is 0 Å². The summed E-state index contributed by atoms with van der Waals surface area (Å²) in [7, 11) is 0. The van der Waals surface area contributed by atoms with E-state index < -0.39 is 0 Å². The first-order chi connectivity index (χ1) is 7.11. The number of ether oxygens (including phenoxy) is 1. The molecule has 0 aromatic rings. The van der Waals surface area contributed by atoms with Gasteiger partial charge in [-0.15, -0.1) is 0 Å². The lowest BCUT2D eigenvalue weighted by molar-refractivity contribution is -0.145. The molecule has 15 heavy (non-hydrogen) atoms. The molecule has 88 valence electrons. The van der Waals surface area contributed by atoms with Crippen LogP contribution in [-0.2, 0) is 9.53 Å². The maximum atomic E-state index is 11.5. The van der Waals surface area contributed by atoms with Crippen molar-refractivity contribution in [1.82, 2.24) is 0 Å². The van der Waals surface area contributed by atoms with Gasteiger partial charge < -0.3 is 4.74 Å². The number of carbonyl (C=O) groups is 1. The topological polar surface area (TPSA) is 26.3 Å². The minimum Gasteiger partial charge on any atom is -0.465 e. The number of esters is 1. The Morgan fingerprint density at radius 2 is 1.93 bits per heavy atom. The van der Waals surface area contributed by atoms with E-state index in [0.29, 0.717) is 12.5 Å². The molecule has 1 unspecified atom stereocenters. The molecular formula is C12H22O2S. The average molecular weight is 230 g/mol. The normalized spacial score (nSPS) is 20.3. The van der Waals surface area contributed by atoms with Crippen LogP contribution in [0, 0.1) is 11.8 Å². The SMILES string of the molecule is CC(C)C(S)C(=O)OCC1CCCCC1. The molecule has 0 bridgehead atoms. The minimum absolute atomic E-state index is 0.154. The Kier molecular flexibility index (Phi) is 5.51. The fourth-order valence-electron chi connectivity index (χ4n) is 1.91. The Morgan fingerprint density at radius 3 is 2.47 bits per heavy atom. The molecule has 2 nitrogen and oxygen atoms in total. The highest BCUT2D eigenvalue weighted by Gasteiger charge is 2.21. The van der Waals surface area contributed by atoms with E-state index in [1.807, 2.05) is 13.8 Å². The van der Waals surface area contributed by atoms with Crippen LogP contribution in [0.4, 0.5) is 0 Å². The van der Waals surface area contributed by atoms with Crippen LogP contribution in [0.3, 0.4) is 0 Å². The predicted molar refractivity (Wildman–Crippen MR) is 65.1 cm³/mol. The zero-order chi connectivity index (χ0) is 11.3. The summed E-state index contributed by atoms with van der Waals surface area (Å²) in [6, 6.07) is 0. The fraction of sp³-hybridized carbons (Fsp3) is 0.917. The van der Waals surface area contributed by atoms with Crippen molar-refractivity contribution in [2.45, 2.75) is 51.2 Å². The van der Waals surface area contributed by atoms with E-state index in [2.05, 4.69) is 12.6 Å². The monoisotopic (exact) mass is 230 g/mol. The van der Waals surface area contributed by atoms with Crippen molar-refractivity contribution >= 4 is 18.6 Å². The summed E-state index contributed by atoms with van der Waals surface area (Å²) in [5.74, 6) is 0.682. The summed E-state index contributed by atoms with van der Waals surface area (Å²) in [5.41, 5.74) is 0. The molecule has 0 aromatic heterocycles. The molecule has 1 saturated carbocycles. The van der Waals surface area contributed by atoms with E-state index in [1.165, 1.54) is 32.1 Å². The van der Waals surface area contributed by atoms with Crippen LogP contribution < -0.4 is 0 Å². The lowest BCUT2D eigenvalue weighted by Crippen LogP contribution is -2.26. The van der Waals surface area contributed by atoms with Gasteiger partial charge in [0, 0.05) is 0 Å². The highest BCUT2D eigenvalue weighted by Crippen LogP contribution is 2.24. The van der Waals surface area contributed by atoms with E-state index in [4.69, 9.17) is 4.74 Å². The van der Waals surface area contributed by atoms with Gasteiger partial charge in [0.1, 0.15) is 5.25 Å². The Bertz CT molecular complexity index is 198. The molecule has 1 atom stereocenters. The molecule has 0 heterocycles. The van der Waals surface area contributed by atoms with Gasteiger partial charge in [-0.2, -0.15) is 12.6 Å². The van der Waals surface area contributed by atoms with E-state index in [1.54, 1.807) is 0 Å². The van der Waals surface area contributed by atoms with E-state index in [0.717, 1.165) is 0 Å². The Morgan fingerprint density at radius 1 is 1.33 bits per heavy atom. The van der Waals surface area contributed by atoms with E-state index in [9.17, 15) is 4.79 Å². The van der Waals surface area contributed by atoms with Crippen molar-refractivity contribution in [1.29, 1.82) is 0 Å². The van der Waals surface area contributed by atoms with Crippen LogP contribution in [0.15, 0.2) is 0 Å². The van der Waals surface area contributed by atoms with Gasteiger partial charge in [0.15, 0.2) is 0 Å². The van der Waals surface area contributed by atoms with Gasteiger partial charge in [-0.05, 0) is 24.7 Å². The van der Waals surface area contributed by atoms with Crippen LogP contribution >= 0.6 is 12.6 Å². The van der Waals surface area contributed by atoms with Crippen LogP contribution in [0.2, 0.25) is 0 Å². The lowest BCUT2D eigenvalue weighted by Gasteiger charge is -2.22. The van der Waals surface area contributed by atoms with Crippen LogP contribution in [0.1, 0.15) is 46.0 Å². The molecule has 1 rings (SSSR count). The maximum absolute atomic E-state index is 11.5. The summed E-state index contributed by atoms with van der Waals surface area (Å²) in [6.45, 7) is 4.57. The van der Waals surface area contributed by atoms with E-state index in [-0.39, 0.29) is 17.1 Å². The van der Waals surface area contributed by atoms with Crippen LogP contribution in [-0.4, -0.2) is 17.8 Å². The molecule has 0 aromatic carbocycles. The molecule has 0 spiro atoms. The number of rotatable bonds is 4. The standard InChI is InChI=1S/C12H22O2S/c1-9(2)11(15)12(13)14-8-10-6-4-3-5-7-10/h9-11,15H,3-8H2,1-2H3. The van der Waals surface area contributed by atoms with Crippen molar-refractivity contribution in [3.63, 3.8) is 0 Å². The van der Waals surface area contributed by atoms with Crippen LogP contribution in [0.5, 0.6) is 0 Å².